The van der Waals surface area contributed by atoms with Gasteiger partial charge in [0, 0.05) is 23.9 Å². The number of aromatic nitrogens is 2. The molecular formula is C22H27F2N3O6S2. The van der Waals surface area contributed by atoms with E-state index in [4.69, 9.17) is 4.74 Å². The van der Waals surface area contributed by atoms with Crippen molar-refractivity contribution in [2.45, 2.75) is 50.4 Å². The van der Waals surface area contributed by atoms with Gasteiger partial charge in [-0.15, -0.1) is 0 Å². The van der Waals surface area contributed by atoms with E-state index >= 15 is 0 Å². The molecule has 0 aliphatic heterocycles. The van der Waals surface area contributed by atoms with E-state index in [2.05, 4.69) is 14.4 Å². The van der Waals surface area contributed by atoms with Gasteiger partial charge in [-0.05, 0) is 39.3 Å². The Balaban J connectivity index is 2.24. The van der Waals surface area contributed by atoms with Gasteiger partial charge in [-0.25, -0.2) is 21.8 Å². The Hall–Kier alpha value is -2.93. The van der Waals surface area contributed by atoms with Crippen molar-refractivity contribution in [1.29, 1.82) is 0 Å². The lowest BCUT2D eigenvalue weighted by atomic mass is 10.1. The summed E-state index contributed by atoms with van der Waals surface area (Å²) in [6.07, 6.45) is 3.11. The number of halogens is 2. The Kier molecular flexibility index (Phi) is 7.32. The second-order valence-corrected chi connectivity index (χ2v) is 13.3. The van der Waals surface area contributed by atoms with Crippen LogP contribution in [0.1, 0.15) is 34.1 Å². The highest BCUT2D eigenvalue weighted by Crippen LogP contribution is 2.36. The van der Waals surface area contributed by atoms with E-state index < -0.39 is 31.2 Å². The van der Waals surface area contributed by atoms with Crippen molar-refractivity contribution in [3.8, 4) is 22.8 Å². The number of imidazole rings is 1. The average Bonchev–Trinajstić information content (AvgIpc) is 3.13. The molecule has 0 spiro atoms. The minimum absolute atomic E-state index is 0.0117. The molecule has 2 heterocycles. The zero-order chi connectivity index (χ0) is 26.2. The van der Waals surface area contributed by atoms with Gasteiger partial charge in [0.1, 0.15) is 22.0 Å². The third-order valence-electron chi connectivity index (χ3n) is 5.06. The van der Waals surface area contributed by atoms with Crippen molar-refractivity contribution >= 4 is 31.2 Å². The SMILES string of the molecule is CCCS(=O)(=O)Nc1cc(OC(F)F)cc(-c2cnc3cc(OC)c(S(=O)(=O)C(C)(C)C)cn23)c1. The van der Waals surface area contributed by atoms with E-state index in [1.165, 1.54) is 42.1 Å². The van der Waals surface area contributed by atoms with Gasteiger partial charge >= 0.3 is 6.61 Å². The quantitative estimate of drug-likeness (QED) is 0.437. The smallest absolute Gasteiger partial charge is 0.387 e. The van der Waals surface area contributed by atoms with Crippen molar-refractivity contribution in [2.24, 2.45) is 0 Å². The lowest BCUT2D eigenvalue weighted by molar-refractivity contribution is -0.0497. The molecule has 0 bridgehead atoms. The predicted molar refractivity (Wildman–Crippen MR) is 128 cm³/mol. The number of anilines is 1. The molecule has 1 N–H and O–H groups in total. The molecule has 0 unspecified atom stereocenters. The zero-order valence-corrected chi connectivity index (χ0v) is 21.5. The van der Waals surface area contributed by atoms with E-state index in [9.17, 15) is 25.6 Å². The summed E-state index contributed by atoms with van der Waals surface area (Å²) >= 11 is 0. The van der Waals surface area contributed by atoms with E-state index in [-0.39, 0.29) is 33.4 Å². The molecule has 3 aromatic rings. The van der Waals surface area contributed by atoms with Gasteiger partial charge in [0.15, 0.2) is 9.84 Å². The first-order valence-electron chi connectivity index (χ1n) is 10.6. The lowest BCUT2D eigenvalue weighted by Gasteiger charge is -2.21. The molecule has 192 valence electrons. The Bertz CT molecular complexity index is 1450. The summed E-state index contributed by atoms with van der Waals surface area (Å²) in [6, 6.07) is 5.31. The highest BCUT2D eigenvalue weighted by Gasteiger charge is 2.34. The second kappa shape index (κ2) is 9.61. The Morgan fingerprint density at radius 3 is 2.37 bits per heavy atom. The molecule has 0 radical (unpaired) electrons. The van der Waals surface area contributed by atoms with Gasteiger partial charge in [-0.3, -0.25) is 9.12 Å². The third-order valence-corrected chi connectivity index (χ3v) is 9.05. The average molecular weight is 532 g/mol. The molecule has 0 aliphatic rings. The number of pyridine rings is 1. The standard InChI is InChI=1S/C22H27F2N3O6S2/c1-6-7-34(28,29)26-15-8-14(9-16(10-15)33-21(23)24)17-12-25-20-11-18(32-5)19(13-27(17)20)35(30,31)22(2,3)4/h8-13,21,26H,6-7H2,1-5H3. The summed E-state index contributed by atoms with van der Waals surface area (Å²) < 4.78 is 89.4. The fourth-order valence-electron chi connectivity index (χ4n) is 3.37. The Labute approximate surface area is 203 Å². The van der Waals surface area contributed by atoms with Crippen molar-refractivity contribution in [3.05, 3.63) is 36.7 Å². The normalized spacial score (nSPS) is 12.8. The second-order valence-electron chi connectivity index (χ2n) is 8.74. The number of sulfonamides is 1. The Morgan fingerprint density at radius 1 is 1.11 bits per heavy atom. The minimum Gasteiger partial charge on any atom is -0.495 e. The number of fused-ring (bicyclic) bond motifs is 1. The maximum absolute atomic E-state index is 13.2. The summed E-state index contributed by atoms with van der Waals surface area (Å²) in [7, 11) is -6.22. The van der Waals surface area contributed by atoms with Crippen LogP contribution in [0, 0.1) is 0 Å². The molecule has 0 fully saturated rings. The lowest BCUT2D eigenvalue weighted by Crippen LogP contribution is -2.28. The molecular weight excluding hydrogens is 504 g/mol. The maximum atomic E-state index is 13.2. The molecule has 3 rings (SSSR count). The number of hydrogen-bond acceptors (Lipinski definition) is 7. The summed E-state index contributed by atoms with van der Waals surface area (Å²) in [4.78, 5) is 4.19. The summed E-state index contributed by atoms with van der Waals surface area (Å²) in [5.41, 5.74) is 0.938. The highest BCUT2D eigenvalue weighted by molar-refractivity contribution is 7.93. The molecule has 0 saturated heterocycles. The predicted octanol–water partition coefficient (Wildman–Crippen LogP) is 4.34. The molecule has 13 heteroatoms. The monoisotopic (exact) mass is 531 g/mol. The van der Waals surface area contributed by atoms with Gasteiger partial charge in [0.2, 0.25) is 10.0 Å². The number of ether oxygens (including phenoxy) is 2. The third kappa shape index (κ3) is 5.67. The van der Waals surface area contributed by atoms with Crippen LogP contribution in [0.15, 0.2) is 41.6 Å². The topological polar surface area (TPSA) is 116 Å². The van der Waals surface area contributed by atoms with E-state index in [1.807, 2.05) is 0 Å². The molecule has 0 amide bonds. The number of rotatable bonds is 9. The van der Waals surface area contributed by atoms with Gasteiger partial charge in [-0.1, -0.05) is 6.92 Å². The first-order chi connectivity index (χ1) is 16.2. The van der Waals surface area contributed by atoms with Crippen LogP contribution in [-0.4, -0.2) is 50.4 Å². The van der Waals surface area contributed by atoms with Gasteiger partial charge in [-0.2, -0.15) is 8.78 Å². The van der Waals surface area contributed by atoms with Crippen molar-refractivity contribution in [3.63, 3.8) is 0 Å². The van der Waals surface area contributed by atoms with E-state index in [0.29, 0.717) is 17.8 Å². The van der Waals surface area contributed by atoms with Crippen LogP contribution in [0.25, 0.3) is 16.9 Å². The van der Waals surface area contributed by atoms with Crippen LogP contribution in [0.2, 0.25) is 0 Å². The number of methoxy groups -OCH3 is 1. The van der Waals surface area contributed by atoms with Crippen LogP contribution in [0.5, 0.6) is 11.5 Å². The number of sulfone groups is 1. The molecule has 0 atom stereocenters. The summed E-state index contributed by atoms with van der Waals surface area (Å²) in [5.74, 6) is -0.337. The zero-order valence-electron chi connectivity index (χ0n) is 19.9. The van der Waals surface area contributed by atoms with Crippen molar-refractivity contribution < 1.29 is 35.1 Å². The number of nitrogens with one attached hydrogen (secondary N) is 1. The molecule has 9 nitrogen and oxygen atoms in total. The van der Waals surface area contributed by atoms with Crippen LogP contribution >= 0.6 is 0 Å². The fourth-order valence-corrected chi connectivity index (χ4v) is 5.80. The van der Waals surface area contributed by atoms with Gasteiger partial charge in [0.25, 0.3) is 0 Å². The minimum atomic E-state index is -3.84. The van der Waals surface area contributed by atoms with Crippen LogP contribution in [0.4, 0.5) is 14.5 Å². The van der Waals surface area contributed by atoms with E-state index in [0.717, 1.165) is 6.07 Å². The van der Waals surface area contributed by atoms with Gasteiger partial charge < -0.3 is 9.47 Å². The molecule has 0 aliphatic carbocycles. The van der Waals surface area contributed by atoms with Crippen LogP contribution in [0.3, 0.4) is 0 Å². The van der Waals surface area contributed by atoms with E-state index in [1.54, 1.807) is 27.7 Å². The molecule has 2 aromatic heterocycles. The fraction of sp³-hybridized carbons (Fsp3) is 0.409. The van der Waals surface area contributed by atoms with Crippen LogP contribution < -0.4 is 14.2 Å². The maximum Gasteiger partial charge on any atom is 0.387 e. The largest absolute Gasteiger partial charge is 0.495 e. The van der Waals surface area contributed by atoms with Crippen LogP contribution in [-0.2, 0) is 19.9 Å². The number of alkyl halides is 2. The first kappa shape index (κ1) is 26.7. The summed E-state index contributed by atoms with van der Waals surface area (Å²) in [6.45, 7) is 3.22. The number of hydrogen-bond donors (Lipinski definition) is 1. The van der Waals surface area contributed by atoms with Gasteiger partial charge in [0.05, 0.1) is 35.2 Å². The summed E-state index contributed by atoms with van der Waals surface area (Å²) in [5, 5.41) is 0. The first-order valence-corrected chi connectivity index (χ1v) is 13.7. The molecule has 1 aromatic carbocycles. The Morgan fingerprint density at radius 2 is 1.80 bits per heavy atom. The highest BCUT2D eigenvalue weighted by atomic mass is 32.2. The number of nitrogens with zero attached hydrogens (tertiary/aromatic N) is 2. The van der Waals surface area contributed by atoms with Crippen molar-refractivity contribution in [1.82, 2.24) is 9.38 Å². The van der Waals surface area contributed by atoms with Crippen molar-refractivity contribution in [2.75, 3.05) is 17.6 Å². The molecule has 0 saturated carbocycles. The number of benzene rings is 1. The molecule has 35 heavy (non-hydrogen) atoms.